The van der Waals surface area contributed by atoms with Crippen molar-refractivity contribution in [3.05, 3.63) is 41.0 Å². The number of allylic oxidation sites excluding steroid dienone is 1. The highest BCUT2D eigenvalue weighted by Crippen LogP contribution is 2.28. The molecule has 0 heterocycles. The molecular weight excluding hydrogens is 270 g/mol. The zero-order valence-electron chi connectivity index (χ0n) is 14.6. The Morgan fingerprint density at radius 3 is 2.36 bits per heavy atom. The van der Waals surface area contributed by atoms with Crippen LogP contribution in [0.2, 0.25) is 0 Å². The van der Waals surface area contributed by atoms with Gasteiger partial charge in [-0.15, -0.1) is 0 Å². The van der Waals surface area contributed by atoms with Crippen molar-refractivity contribution in [2.45, 2.75) is 45.4 Å². The molecule has 1 unspecified atom stereocenters. The van der Waals surface area contributed by atoms with E-state index in [9.17, 15) is 4.79 Å². The van der Waals surface area contributed by atoms with Crippen molar-refractivity contribution in [2.75, 3.05) is 20.6 Å². The number of rotatable bonds is 3. The molecule has 1 aliphatic rings. The summed E-state index contributed by atoms with van der Waals surface area (Å²) in [6, 6.07) is 8.63. The van der Waals surface area contributed by atoms with E-state index in [0.717, 1.165) is 36.9 Å². The van der Waals surface area contributed by atoms with Gasteiger partial charge in [0.2, 0.25) is 0 Å². The molecule has 0 N–H and O–H groups in total. The summed E-state index contributed by atoms with van der Waals surface area (Å²) < 4.78 is 0. The van der Waals surface area contributed by atoms with Crippen molar-refractivity contribution in [3.8, 4) is 0 Å². The highest BCUT2D eigenvalue weighted by atomic mass is 16.1. The highest BCUT2D eigenvalue weighted by Gasteiger charge is 2.26. The molecule has 1 atom stereocenters. The van der Waals surface area contributed by atoms with Crippen molar-refractivity contribution < 1.29 is 4.79 Å². The molecule has 1 aromatic carbocycles. The Morgan fingerprint density at radius 2 is 1.82 bits per heavy atom. The SMILES string of the molecule is CN(C)CC1CCCC(=Cc2ccc(C(C)(C)C)cc2)C1=O. The summed E-state index contributed by atoms with van der Waals surface area (Å²) in [7, 11) is 4.08. The van der Waals surface area contributed by atoms with Gasteiger partial charge in [-0.1, -0.05) is 45.0 Å². The number of Topliss-reactive ketones (excluding diaryl/α,β-unsaturated/α-hetero) is 1. The standard InChI is InChI=1S/C20H29NO/c1-20(2,3)18-11-9-15(10-12-18)13-16-7-6-8-17(19(16)22)14-21(4)5/h9-13,17H,6-8,14H2,1-5H3. The van der Waals surface area contributed by atoms with Gasteiger partial charge in [0.25, 0.3) is 0 Å². The van der Waals surface area contributed by atoms with E-state index in [1.807, 2.05) is 14.1 Å². The molecule has 2 nitrogen and oxygen atoms in total. The number of hydrogen-bond donors (Lipinski definition) is 0. The first-order valence-corrected chi connectivity index (χ1v) is 8.27. The van der Waals surface area contributed by atoms with Crippen LogP contribution in [0.1, 0.15) is 51.2 Å². The quantitative estimate of drug-likeness (QED) is 0.776. The highest BCUT2D eigenvalue weighted by molar-refractivity contribution is 6.01. The topological polar surface area (TPSA) is 20.3 Å². The monoisotopic (exact) mass is 299 g/mol. The lowest BCUT2D eigenvalue weighted by molar-refractivity contribution is -0.120. The second-order valence-corrected chi connectivity index (χ2v) is 7.76. The predicted molar refractivity (Wildman–Crippen MR) is 94.0 cm³/mol. The molecule has 0 amide bonds. The lowest BCUT2D eigenvalue weighted by Crippen LogP contribution is -2.31. The largest absolute Gasteiger partial charge is 0.309 e. The van der Waals surface area contributed by atoms with Crippen molar-refractivity contribution >= 4 is 11.9 Å². The third-order valence-corrected chi connectivity index (χ3v) is 4.39. The van der Waals surface area contributed by atoms with Crippen LogP contribution in [-0.4, -0.2) is 31.3 Å². The second-order valence-electron chi connectivity index (χ2n) is 7.76. The summed E-state index contributed by atoms with van der Waals surface area (Å²) in [4.78, 5) is 14.7. The lowest BCUT2D eigenvalue weighted by atomic mass is 9.82. The van der Waals surface area contributed by atoms with Crippen molar-refractivity contribution in [1.82, 2.24) is 4.90 Å². The Bertz CT molecular complexity index is 546. The minimum atomic E-state index is 0.170. The molecule has 1 saturated carbocycles. The Labute approximate surface area is 135 Å². The summed E-state index contributed by atoms with van der Waals surface area (Å²) in [5, 5.41) is 0. The van der Waals surface area contributed by atoms with Gasteiger partial charge in [-0.25, -0.2) is 0 Å². The molecule has 0 bridgehead atoms. The maximum Gasteiger partial charge on any atom is 0.163 e. The van der Waals surface area contributed by atoms with Gasteiger partial charge in [-0.05, 0) is 61.5 Å². The first-order chi connectivity index (χ1) is 10.3. The molecule has 0 spiro atoms. The number of nitrogens with zero attached hydrogens (tertiary/aromatic N) is 1. The normalized spacial score (nSPS) is 21.6. The Morgan fingerprint density at radius 1 is 1.18 bits per heavy atom. The number of carbonyl (C=O) groups excluding carboxylic acids is 1. The van der Waals surface area contributed by atoms with Gasteiger partial charge in [-0.2, -0.15) is 0 Å². The smallest absolute Gasteiger partial charge is 0.163 e. The van der Waals surface area contributed by atoms with Gasteiger partial charge in [0, 0.05) is 12.5 Å². The molecule has 2 heteroatoms. The minimum Gasteiger partial charge on any atom is -0.309 e. The van der Waals surface area contributed by atoms with Gasteiger partial charge >= 0.3 is 0 Å². The molecule has 0 aromatic heterocycles. The zero-order chi connectivity index (χ0) is 16.3. The van der Waals surface area contributed by atoms with Crippen LogP contribution >= 0.6 is 0 Å². The fourth-order valence-electron chi connectivity index (χ4n) is 3.09. The first-order valence-electron chi connectivity index (χ1n) is 8.27. The maximum atomic E-state index is 12.6. The van der Waals surface area contributed by atoms with Crippen LogP contribution < -0.4 is 0 Å². The van der Waals surface area contributed by atoms with E-state index in [1.54, 1.807) is 0 Å². The molecular formula is C20H29NO. The van der Waals surface area contributed by atoms with Crippen LogP contribution in [0.4, 0.5) is 0 Å². The van der Waals surface area contributed by atoms with Gasteiger partial charge < -0.3 is 4.90 Å². The van der Waals surface area contributed by atoms with Gasteiger partial charge in [-0.3, -0.25) is 4.79 Å². The van der Waals surface area contributed by atoms with Crippen LogP contribution in [0, 0.1) is 5.92 Å². The third kappa shape index (κ3) is 4.30. The summed E-state index contributed by atoms with van der Waals surface area (Å²) >= 11 is 0. The molecule has 22 heavy (non-hydrogen) atoms. The fraction of sp³-hybridized carbons (Fsp3) is 0.550. The zero-order valence-corrected chi connectivity index (χ0v) is 14.6. The van der Waals surface area contributed by atoms with Gasteiger partial charge in [0.1, 0.15) is 0 Å². The summed E-state index contributed by atoms with van der Waals surface area (Å²) in [6.07, 6.45) is 5.16. The maximum absolute atomic E-state index is 12.6. The lowest BCUT2D eigenvalue weighted by Gasteiger charge is -2.25. The van der Waals surface area contributed by atoms with Crippen LogP contribution in [0.15, 0.2) is 29.8 Å². The third-order valence-electron chi connectivity index (χ3n) is 4.39. The molecule has 1 aromatic rings. The molecule has 1 fully saturated rings. The summed E-state index contributed by atoms with van der Waals surface area (Å²) in [5.41, 5.74) is 3.64. The Kier molecular flexibility index (Phi) is 5.23. The molecule has 2 rings (SSSR count). The second kappa shape index (κ2) is 6.78. The number of ketones is 1. The number of carbonyl (C=O) groups is 1. The summed E-state index contributed by atoms with van der Waals surface area (Å²) in [5.74, 6) is 0.517. The Hall–Kier alpha value is -1.41. The van der Waals surface area contributed by atoms with Crippen LogP contribution in [0.25, 0.3) is 6.08 Å². The van der Waals surface area contributed by atoms with Gasteiger partial charge in [0.05, 0.1) is 0 Å². The van der Waals surface area contributed by atoms with E-state index in [4.69, 9.17) is 0 Å². The fourth-order valence-corrected chi connectivity index (χ4v) is 3.09. The first kappa shape index (κ1) is 17.0. The van der Waals surface area contributed by atoms with E-state index in [2.05, 4.69) is 56.0 Å². The van der Waals surface area contributed by atoms with Gasteiger partial charge in [0.15, 0.2) is 5.78 Å². The summed E-state index contributed by atoms with van der Waals surface area (Å²) in [6.45, 7) is 7.52. The molecule has 1 aliphatic carbocycles. The minimum absolute atomic E-state index is 0.170. The number of benzene rings is 1. The van der Waals surface area contributed by atoms with Crippen LogP contribution in [0.3, 0.4) is 0 Å². The van der Waals surface area contributed by atoms with Crippen molar-refractivity contribution in [1.29, 1.82) is 0 Å². The molecule has 0 aliphatic heterocycles. The molecule has 120 valence electrons. The van der Waals surface area contributed by atoms with E-state index < -0.39 is 0 Å². The van der Waals surface area contributed by atoms with Crippen LogP contribution in [-0.2, 0) is 10.2 Å². The average Bonchev–Trinajstić information content (AvgIpc) is 2.42. The van der Waals surface area contributed by atoms with Crippen LogP contribution in [0.5, 0.6) is 0 Å². The average molecular weight is 299 g/mol. The van der Waals surface area contributed by atoms with E-state index in [-0.39, 0.29) is 11.3 Å². The van der Waals surface area contributed by atoms with Crippen molar-refractivity contribution in [3.63, 3.8) is 0 Å². The molecule has 0 radical (unpaired) electrons. The predicted octanol–water partition coefficient (Wildman–Crippen LogP) is 4.30. The Balaban J connectivity index is 2.16. The van der Waals surface area contributed by atoms with E-state index >= 15 is 0 Å². The number of hydrogen-bond acceptors (Lipinski definition) is 2. The van der Waals surface area contributed by atoms with Crippen molar-refractivity contribution in [2.24, 2.45) is 5.92 Å². The van der Waals surface area contributed by atoms with E-state index in [0.29, 0.717) is 5.78 Å². The van der Waals surface area contributed by atoms with E-state index in [1.165, 1.54) is 5.56 Å². The molecule has 0 saturated heterocycles.